The molecule has 0 aromatic heterocycles. The van der Waals surface area contributed by atoms with Gasteiger partial charge in [-0.1, -0.05) is 0 Å². The third-order valence-corrected chi connectivity index (χ3v) is 3.68. The second-order valence-electron chi connectivity index (χ2n) is 4.68. The number of hydrogen-bond donors (Lipinski definition) is 1. The average Bonchev–Trinajstić information content (AvgIpc) is 2.47. The van der Waals surface area contributed by atoms with Gasteiger partial charge in [0.2, 0.25) is 0 Å². The highest BCUT2D eigenvalue weighted by Crippen LogP contribution is 2.33. The summed E-state index contributed by atoms with van der Waals surface area (Å²) in [5, 5.41) is 18.2. The number of anilines is 1. The van der Waals surface area contributed by atoms with Crippen LogP contribution in [0.4, 0.5) is 5.69 Å². The lowest BCUT2D eigenvalue weighted by Crippen LogP contribution is -2.43. The molecule has 0 bridgehead atoms. The molecule has 1 heterocycles. The molecule has 1 aromatic rings. The van der Waals surface area contributed by atoms with Crippen LogP contribution in [0.15, 0.2) is 24.3 Å². The van der Waals surface area contributed by atoms with Gasteiger partial charge in [-0.25, -0.2) is 0 Å². The van der Waals surface area contributed by atoms with E-state index >= 15 is 0 Å². The lowest BCUT2D eigenvalue weighted by Gasteiger charge is -2.36. The Hall–Kier alpha value is -2.22. The Labute approximate surface area is 112 Å². The number of benzene rings is 1. The maximum absolute atomic E-state index is 11.2. The zero-order valence-electron chi connectivity index (χ0n) is 10.8. The molecule has 19 heavy (non-hydrogen) atoms. The average molecular weight is 260 g/mol. The van der Waals surface area contributed by atoms with Gasteiger partial charge in [0.25, 0.3) is 0 Å². The van der Waals surface area contributed by atoms with E-state index in [9.17, 15) is 4.79 Å². The molecule has 5 heteroatoms. The summed E-state index contributed by atoms with van der Waals surface area (Å²) < 4.78 is 5.10. The van der Waals surface area contributed by atoms with Gasteiger partial charge < -0.3 is 14.7 Å². The summed E-state index contributed by atoms with van der Waals surface area (Å²) in [7, 11) is 1.62. The van der Waals surface area contributed by atoms with Crippen molar-refractivity contribution in [3.8, 4) is 11.8 Å². The summed E-state index contributed by atoms with van der Waals surface area (Å²) >= 11 is 0. The highest BCUT2D eigenvalue weighted by Gasteiger charge is 2.41. The first-order valence-corrected chi connectivity index (χ1v) is 6.15. The summed E-state index contributed by atoms with van der Waals surface area (Å²) in [6.45, 7) is 1.15. The molecule has 2 rings (SSSR count). The summed E-state index contributed by atoms with van der Waals surface area (Å²) in [5.41, 5.74) is -0.194. The van der Waals surface area contributed by atoms with Crippen molar-refractivity contribution in [2.24, 2.45) is 5.41 Å². The summed E-state index contributed by atoms with van der Waals surface area (Å²) in [5.74, 6) is -0.220. The number of carboxylic acids is 1. The summed E-state index contributed by atoms with van der Waals surface area (Å²) in [6.07, 6.45) is 0.704. The number of piperidine rings is 1. The Morgan fingerprint density at radius 3 is 2.37 bits per heavy atom. The molecule has 0 atom stereocenters. The molecule has 100 valence electrons. The van der Waals surface area contributed by atoms with Gasteiger partial charge in [-0.2, -0.15) is 5.26 Å². The number of nitrogens with zero attached hydrogens (tertiary/aromatic N) is 2. The van der Waals surface area contributed by atoms with Crippen molar-refractivity contribution in [3.05, 3.63) is 24.3 Å². The molecular formula is C14H16N2O3. The normalized spacial score (nSPS) is 17.6. The van der Waals surface area contributed by atoms with Gasteiger partial charge in [0, 0.05) is 18.8 Å². The minimum Gasteiger partial charge on any atom is -0.497 e. The number of methoxy groups -OCH3 is 1. The molecule has 0 amide bonds. The van der Waals surface area contributed by atoms with Gasteiger partial charge >= 0.3 is 5.97 Å². The fourth-order valence-corrected chi connectivity index (χ4v) is 2.31. The molecule has 1 fully saturated rings. The van der Waals surface area contributed by atoms with Crippen LogP contribution in [0, 0.1) is 16.7 Å². The monoisotopic (exact) mass is 260 g/mol. The zero-order valence-corrected chi connectivity index (χ0v) is 10.8. The van der Waals surface area contributed by atoms with Crippen molar-refractivity contribution < 1.29 is 14.6 Å². The van der Waals surface area contributed by atoms with Crippen LogP contribution in [0.5, 0.6) is 5.75 Å². The molecule has 1 aliphatic heterocycles. The second-order valence-corrected chi connectivity index (χ2v) is 4.68. The lowest BCUT2D eigenvalue weighted by molar-refractivity contribution is -0.146. The lowest BCUT2D eigenvalue weighted by atomic mass is 9.80. The molecular weight excluding hydrogens is 244 g/mol. The van der Waals surface area contributed by atoms with Gasteiger partial charge in [-0.05, 0) is 37.1 Å². The molecule has 0 unspecified atom stereocenters. The summed E-state index contributed by atoms with van der Waals surface area (Å²) in [6, 6.07) is 9.60. The Morgan fingerprint density at radius 2 is 1.95 bits per heavy atom. The van der Waals surface area contributed by atoms with Crippen molar-refractivity contribution in [2.75, 3.05) is 25.1 Å². The van der Waals surface area contributed by atoms with Crippen molar-refractivity contribution in [1.29, 1.82) is 5.26 Å². The van der Waals surface area contributed by atoms with E-state index in [-0.39, 0.29) is 0 Å². The summed E-state index contributed by atoms with van der Waals surface area (Å²) in [4.78, 5) is 13.3. The molecule has 5 nitrogen and oxygen atoms in total. The van der Waals surface area contributed by atoms with E-state index < -0.39 is 11.4 Å². The molecule has 0 saturated carbocycles. The smallest absolute Gasteiger partial charge is 0.324 e. The fourth-order valence-electron chi connectivity index (χ4n) is 2.31. The Morgan fingerprint density at radius 1 is 1.37 bits per heavy atom. The topological polar surface area (TPSA) is 73.6 Å². The van der Waals surface area contributed by atoms with Crippen LogP contribution in [0.2, 0.25) is 0 Å². The van der Waals surface area contributed by atoms with Crippen LogP contribution in [-0.2, 0) is 4.79 Å². The number of carbonyl (C=O) groups is 1. The van der Waals surface area contributed by atoms with Gasteiger partial charge in [-0.15, -0.1) is 0 Å². The molecule has 1 N–H and O–H groups in total. The van der Waals surface area contributed by atoms with Crippen LogP contribution in [-0.4, -0.2) is 31.3 Å². The molecule has 1 aromatic carbocycles. The van der Waals surface area contributed by atoms with E-state index in [2.05, 4.69) is 4.90 Å². The third kappa shape index (κ3) is 2.48. The van der Waals surface area contributed by atoms with Crippen LogP contribution in [0.1, 0.15) is 12.8 Å². The fraction of sp³-hybridized carbons (Fsp3) is 0.429. The largest absolute Gasteiger partial charge is 0.497 e. The number of hydrogen-bond acceptors (Lipinski definition) is 4. The number of aliphatic carboxylic acids is 1. The first-order valence-electron chi connectivity index (χ1n) is 6.15. The quantitative estimate of drug-likeness (QED) is 0.898. The maximum Gasteiger partial charge on any atom is 0.324 e. The standard InChI is InChI=1S/C14H16N2O3/c1-19-12-4-2-11(3-5-12)16-8-6-14(10-15,7-9-16)13(17)18/h2-5H,6-9H2,1H3,(H,17,18). The van der Waals surface area contributed by atoms with E-state index in [1.165, 1.54) is 0 Å². The second kappa shape index (κ2) is 5.19. The van der Waals surface area contributed by atoms with Crippen molar-refractivity contribution >= 4 is 11.7 Å². The van der Waals surface area contributed by atoms with Crippen LogP contribution < -0.4 is 9.64 Å². The number of carboxylic acid groups (broad SMARTS) is 1. The first kappa shape index (κ1) is 13.2. The van der Waals surface area contributed by atoms with E-state index in [0.717, 1.165) is 11.4 Å². The third-order valence-electron chi connectivity index (χ3n) is 3.68. The van der Waals surface area contributed by atoms with E-state index in [0.29, 0.717) is 25.9 Å². The Bertz CT molecular complexity index is 496. The molecule has 0 aliphatic carbocycles. The highest BCUT2D eigenvalue weighted by molar-refractivity contribution is 5.78. The van der Waals surface area contributed by atoms with E-state index in [1.807, 2.05) is 30.3 Å². The minimum absolute atomic E-state index is 0.352. The number of rotatable bonds is 3. The van der Waals surface area contributed by atoms with Crippen LogP contribution in [0.25, 0.3) is 0 Å². The molecule has 1 saturated heterocycles. The Kier molecular flexibility index (Phi) is 3.61. The Balaban J connectivity index is 2.07. The van der Waals surface area contributed by atoms with Gasteiger partial charge in [0.15, 0.2) is 5.41 Å². The van der Waals surface area contributed by atoms with Crippen molar-refractivity contribution in [3.63, 3.8) is 0 Å². The first-order chi connectivity index (χ1) is 9.11. The highest BCUT2D eigenvalue weighted by atomic mass is 16.5. The van der Waals surface area contributed by atoms with Crippen LogP contribution in [0.3, 0.4) is 0 Å². The van der Waals surface area contributed by atoms with E-state index in [4.69, 9.17) is 15.1 Å². The predicted molar refractivity (Wildman–Crippen MR) is 70.1 cm³/mol. The van der Waals surface area contributed by atoms with Crippen LogP contribution >= 0.6 is 0 Å². The molecule has 0 spiro atoms. The van der Waals surface area contributed by atoms with Crippen molar-refractivity contribution in [2.45, 2.75) is 12.8 Å². The zero-order chi connectivity index (χ0) is 13.9. The van der Waals surface area contributed by atoms with Gasteiger partial charge in [-0.3, -0.25) is 4.79 Å². The van der Waals surface area contributed by atoms with Gasteiger partial charge in [0.05, 0.1) is 13.2 Å². The van der Waals surface area contributed by atoms with Crippen molar-refractivity contribution in [1.82, 2.24) is 0 Å². The SMILES string of the molecule is COc1ccc(N2CCC(C#N)(C(=O)O)CC2)cc1. The minimum atomic E-state index is -1.22. The number of nitriles is 1. The van der Waals surface area contributed by atoms with E-state index in [1.54, 1.807) is 7.11 Å². The predicted octanol–water partition coefficient (Wildman–Crippen LogP) is 1.89. The maximum atomic E-state index is 11.2. The van der Waals surface area contributed by atoms with Gasteiger partial charge in [0.1, 0.15) is 5.75 Å². The number of ether oxygens (including phenoxy) is 1. The molecule has 1 aliphatic rings. The molecule has 0 radical (unpaired) electrons.